The zero-order chi connectivity index (χ0) is 0. The third-order valence-electron chi connectivity index (χ3n) is 0. The summed E-state index contributed by atoms with van der Waals surface area (Å²) in [5.74, 6) is 0. The van der Waals surface area contributed by atoms with Crippen LogP contribution in [0.15, 0.2) is 0 Å². The molecule has 0 unspecified atom stereocenters. The third-order valence-corrected chi connectivity index (χ3v) is 0. The average Bonchev–Trinajstić information content (AvgIpc) is 0. The van der Waals surface area contributed by atoms with Crippen LogP contribution in [0.1, 0.15) is 0 Å². The summed E-state index contributed by atoms with van der Waals surface area (Å²) in [4.78, 5) is 0. The van der Waals surface area contributed by atoms with Crippen molar-refractivity contribution in [3.05, 3.63) is 0 Å². The van der Waals surface area contributed by atoms with E-state index in [-0.39, 0.29) is 70.1 Å². The Morgan fingerprint density at radius 2 is 0.750 bits per heavy atom. The van der Waals surface area contributed by atoms with Gasteiger partial charge in [0.15, 0.2) is 0 Å². The molecule has 0 rings (SSSR count). The molecule has 0 saturated carbocycles. The van der Waals surface area contributed by atoms with Crippen LogP contribution in [0.4, 0.5) is 0 Å². The summed E-state index contributed by atoms with van der Waals surface area (Å²) in [6, 6.07) is 0. The molecule has 0 heterocycles. The monoisotopic (exact) mass is 234 g/mol. The average molecular weight is 236 g/mol. The molecular formula is Fe2NiZn. The maximum Gasteiger partial charge on any atom is 0 e. The van der Waals surface area contributed by atoms with Crippen LogP contribution >= 0.6 is 0 Å². The van der Waals surface area contributed by atoms with Crippen LogP contribution in [-0.2, 0) is 70.1 Å². The fourth-order valence-electron chi connectivity index (χ4n) is 0. The van der Waals surface area contributed by atoms with Crippen molar-refractivity contribution in [2.75, 3.05) is 0 Å². The summed E-state index contributed by atoms with van der Waals surface area (Å²) in [7, 11) is 0. The second-order valence-corrected chi connectivity index (χ2v) is 0. The molecule has 0 aromatic rings. The molecule has 0 amide bonds. The Morgan fingerprint density at radius 1 is 0.750 bits per heavy atom. The topological polar surface area (TPSA) is 0 Å². The molecule has 4 heavy (non-hydrogen) atoms. The first kappa shape index (κ1) is 35.2. The molecule has 0 fully saturated rings. The molecule has 0 atom stereocenters. The third kappa shape index (κ3) is 8.91. The van der Waals surface area contributed by atoms with Gasteiger partial charge in [0.1, 0.15) is 0 Å². The van der Waals surface area contributed by atoms with Crippen molar-refractivity contribution in [1.82, 2.24) is 0 Å². The van der Waals surface area contributed by atoms with Gasteiger partial charge in [-0.15, -0.1) is 0 Å². The summed E-state index contributed by atoms with van der Waals surface area (Å²) in [6.07, 6.45) is 0. The molecule has 0 radical (unpaired) electrons. The van der Waals surface area contributed by atoms with E-state index in [4.69, 9.17) is 0 Å². The smallest absolute Gasteiger partial charge is 0 e. The van der Waals surface area contributed by atoms with Gasteiger partial charge in [-0.25, -0.2) is 0 Å². The van der Waals surface area contributed by atoms with Gasteiger partial charge in [-0.2, -0.15) is 0 Å². The van der Waals surface area contributed by atoms with Crippen LogP contribution in [0.5, 0.6) is 0 Å². The molecule has 0 aliphatic rings. The molecule has 0 spiro atoms. The Labute approximate surface area is 69.5 Å². The van der Waals surface area contributed by atoms with Crippen molar-refractivity contribution in [2.24, 2.45) is 0 Å². The standard InChI is InChI=1S/2Fe.Ni.Zn. The van der Waals surface area contributed by atoms with Crippen molar-refractivity contribution < 1.29 is 70.1 Å². The van der Waals surface area contributed by atoms with Gasteiger partial charge in [0, 0.05) is 70.1 Å². The van der Waals surface area contributed by atoms with Crippen LogP contribution in [0.3, 0.4) is 0 Å². The van der Waals surface area contributed by atoms with Crippen LogP contribution in [-0.4, -0.2) is 0 Å². The fraction of sp³-hybridized carbons (Fsp3) is 0. The quantitative estimate of drug-likeness (QED) is 0.519. The van der Waals surface area contributed by atoms with Crippen molar-refractivity contribution in [2.45, 2.75) is 0 Å². The molecule has 0 aliphatic carbocycles. The van der Waals surface area contributed by atoms with E-state index < -0.39 is 0 Å². The maximum absolute atomic E-state index is 0. The van der Waals surface area contributed by atoms with E-state index in [1.807, 2.05) is 0 Å². The molecule has 0 bridgehead atoms. The fourth-order valence-corrected chi connectivity index (χ4v) is 0. The van der Waals surface area contributed by atoms with E-state index in [0.717, 1.165) is 0 Å². The van der Waals surface area contributed by atoms with Gasteiger partial charge in [0.2, 0.25) is 0 Å². The van der Waals surface area contributed by atoms with E-state index in [2.05, 4.69) is 0 Å². The molecule has 4 heteroatoms. The van der Waals surface area contributed by atoms with Gasteiger partial charge in [-0.1, -0.05) is 0 Å². The molecule has 0 nitrogen and oxygen atoms in total. The van der Waals surface area contributed by atoms with Crippen LogP contribution in [0, 0.1) is 0 Å². The van der Waals surface area contributed by atoms with Gasteiger partial charge < -0.3 is 0 Å². The van der Waals surface area contributed by atoms with Crippen molar-refractivity contribution in [3.8, 4) is 0 Å². The van der Waals surface area contributed by atoms with Crippen LogP contribution < -0.4 is 0 Å². The van der Waals surface area contributed by atoms with Crippen molar-refractivity contribution >= 4 is 0 Å². The maximum atomic E-state index is 0. The summed E-state index contributed by atoms with van der Waals surface area (Å²) in [5.41, 5.74) is 0. The van der Waals surface area contributed by atoms with Gasteiger partial charge >= 0.3 is 0 Å². The van der Waals surface area contributed by atoms with Gasteiger partial charge in [-0.3, -0.25) is 0 Å². The van der Waals surface area contributed by atoms with Crippen molar-refractivity contribution in [3.63, 3.8) is 0 Å². The van der Waals surface area contributed by atoms with Crippen molar-refractivity contribution in [1.29, 1.82) is 0 Å². The van der Waals surface area contributed by atoms with Gasteiger partial charge in [-0.05, 0) is 0 Å². The first-order valence-corrected chi connectivity index (χ1v) is 0. The molecule has 0 saturated heterocycles. The minimum absolute atomic E-state index is 0. The predicted molar refractivity (Wildman–Crippen MR) is 0 cm³/mol. The predicted octanol–water partition coefficient (Wildman–Crippen LogP) is -0.0100. The Hall–Kier alpha value is 2.16. The summed E-state index contributed by atoms with van der Waals surface area (Å²) < 4.78 is 0. The normalized spacial score (nSPS) is 0. The molecule has 28 valence electrons. The second kappa shape index (κ2) is 19.2. The zero-order valence-electron chi connectivity index (χ0n) is 1.73. The molecular weight excluding hydrogens is 236 g/mol. The molecule has 0 aromatic carbocycles. The van der Waals surface area contributed by atoms with E-state index in [0.29, 0.717) is 0 Å². The first-order chi connectivity index (χ1) is 0. The minimum Gasteiger partial charge on any atom is 0 e. The SMILES string of the molecule is [Fe].[Fe].[Ni].[Zn]. The molecule has 0 aliphatic heterocycles. The van der Waals surface area contributed by atoms with Crippen LogP contribution in [0.2, 0.25) is 0 Å². The number of hydrogen-bond donors (Lipinski definition) is 0. The van der Waals surface area contributed by atoms with Gasteiger partial charge in [0.25, 0.3) is 0 Å². The Kier molecular flexibility index (Phi) is 169. The Balaban J connectivity index is 0. The summed E-state index contributed by atoms with van der Waals surface area (Å²) in [5, 5.41) is 0. The van der Waals surface area contributed by atoms with Gasteiger partial charge in [0.05, 0.1) is 0 Å². The second-order valence-electron chi connectivity index (χ2n) is 0. The van der Waals surface area contributed by atoms with E-state index in [9.17, 15) is 0 Å². The first-order valence-electron chi connectivity index (χ1n) is 0. The minimum atomic E-state index is 0. The number of rotatable bonds is 0. The van der Waals surface area contributed by atoms with E-state index >= 15 is 0 Å². The Bertz CT molecular complexity index is 6.00. The largest absolute Gasteiger partial charge is 0 e. The molecule has 0 aromatic heterocycles. The van der Waals surface area contributed by atoms with E-state index in [1.54, 1.807) is 0 Å². The van der Waals surface area contributed by atoms with E-state index in [1.165, 1.54) is 0 Å². The number of hydrogen-bond acceptors (Lipinski definition) is 0. The van der Waals surface area contributed by atoms with Crippen LogP contribution in [0.25, 0.3) is 0 Å². The summed E-state index contributed by atoms with van der Waals surface area (Å²) >= 11 is 0. The zero-order valence-corrected chi connectivity index (χ0v) is 7.89. The Morgan fingerprint density at radius 3 is 0.750 bits per heavy atom. The summed E-state index contributed by atoms with van der Waals surface area (Å²) in [6.45, 7) is 0. The molecule has 0 N–H and O–H groups in total.